The molecule has 1 aromatic rings. The first-order valence-electron chi connectivity index (χ1n) is 6.72. The maximum atomic E-state index is 3.50. The molecule has 0 saturated carbocycles. The van der Waals surface area contributed by atoms with E-state index in [4.69, 9.17) is 0 Å². The highest BCUT2D eigenvalue weighted by Gasteiger charge is 2.26. The molecular weight excluding hydrogens is 240 g/mol. The van der Waals surface area contributed by atoms with Gasteiger partial charge in [-0.1, -0.05) is 17.7 Å². The van der Waals surface area contributed by atoms with Crippen LogP contribution in [0.2, 0.25) is 0 Å². The van der Waals surface area contributed by atoms with Crippen molar-refractivity contribution in [2.75, 3.05) is 37.2 Å². The highest BCUT2D eigenvalue weighted by molar-refractivity contribution is 8.00. The topological polar surface area (TPSA) is 15.3 Å². The van der Waals surface area contributed by atoms with E-state index in [2.05, 4.69) is 67.0 Å². The Labute approximate surface area is 115 Å². The van der Waals surface area contributed by atoms with Crippen molar-refractivity contribution in [1.29, 1.82) is 0 Å². The molecule has 1 N–H and O–H groups in total. The summed E-state index contributed by atoms with van der Waals surface area (Å²) in [5, 5.41) is 3.50. The second kappa shape index (κ2) is 5.98. The van der Waals surface area contributed by atoms with Crippen molar-refractivity contribution in [3.63, 3.8) is 0 Å². The Kier molecular flexibility index (Phi) is 4.57. The molecule has 0 unspecified atom stereocenters. The molecule has 1 aromatic carbocycles. The highest BCUT2D eigenvalue weighted by atomic mass is 32.2. The van der Waals surface area contributed by atoms with Gasteiger partial charge in [-0.3, -0.25) is 4.90 Å². The van der Waals surface area contributed by atoms with E-state index in [1.807, 2.05) is 0 Å². The summed E-state index contributed by atoms with van der Waals surface area (Å²) in [7, 11) is 0. The number of benzene rings is 1. The summed E-state index contributed by atoms with van der Waals surface area (Å²) < 4.78 is 0.419. The number of hydrogen-bond acceptors (Lipinski definition) is 3. The van der Waals surface area contributed by atoms with Crippen LogP contribution in [0.5, 0.6) is 0 Å². The summed E-state index contributed by atoms with van der Waals surface area (Å²) in [6.45, 7) is 11.4. The zero-order chi connectivity index (χ0) is 13.0. The zero-order valence-electron chi connectivity index (χ0n) is 11.7. The molecule has 0 aromatic heterocycles. The van der Waals surface area contributed by atoms with Crippen LogP contribution in [0.3, 0.4) is 0 Å². The van der Waals surface area contributed by atoms with Gasteiger partial charge in [0.05, 0.1) is 0 Å². The number of thioether (sulfide) groups is 1. The molecule has 1 heterocycles. The Morgan fingerprint density at radius 1 is 1.28 bits per heavy atom. The molecule has 2 rings (SSSR count). The molecule has 0 bridgehead atoms. The first kappa shape index (κ1) is 13.8. The molecule has 0 radical (unpaired) electrons. The lowest BCUT2D eigenvalue weighted by Gasteiger charge is -2.37. The van der Waals surface area contributed by atoms with Crippen LogP contribution in [0.25, 0.3) is 0 Å². The fourth-order valence-corrected chi connectivity index (χ4v) is 3.51. The van der Waals surface area contributed by atoms with Gasteiger partial charge in [0.2, 0.25) is 0 Å². The fraction of sp³-hybridized carbons (Fsp3) is 0.600. The first-order chi connectivity index (χ1) is 8.55. The van der Waals surface area contributed by atoms with Gasteiger partial charge in [-0.05, 0) is 32.9 Å². The zero-order valence-corrected chi connectivity index (χ0v) is 12.5. The summed E-state index contributed by atoms with van der Waals surface area (Å²) in [6, 6.07) is 8.63. The molecule has 1 aliphatic rings. The molecule has 18 heavy (non-hydrogen) atoms. The third-order valence-corrected chi connectivity index (χ3v) is 4.61. The van der Waals surface area contributed by atoms with Crippen molar-refractivity contribution >= 4 is 17.4 Å². The van der Waals surface area contributed by atoms with Gasteiger partial charge in [0, 0.05) is 42.4 Å². The Morgan fingerprint density at radius 3 is 2.67 bits per heavy atom. The van der Waals surface area contributed by atoms with Crippen LogP contribution in [0.4, 0.5) is 5.69 Å². The van der Waals surface area contributed by atoms with E-state index in [1.165, 1.54) is 30.1 Å². The van der Waals surface area contributed by atoms with Crippen LogP contribution >= 0.6 is 11.8 Å². The van der Waals surface area contributed by atoms with Crippen molar-refractivity contribution < 1.29 is 0 Å². The minimum atomic E-state index is 0.419. The number of nitrogens with one attached hydrogen (secondary N) is 1. The summed E-state index contributed by atoms with van der Waals surface area (Å²) >= 11 is 2.09. The normalized spacial score (nSPS) is 19.7. The Morgan fingerprint density at radius 2 is 2.00 bits per heavy atom. The third-order valence-electron chi connectivity index (χ3n) is 3.31. The summed E-state index contributed by atoms with van der Waals surface area (Å²) in [5.74, 6) is 1.26. The maximum Gasteiger partial charge on any atom is 0.0340 e. The average Bonchev–Trinajstić information content (AvgIpc) is 2.30. The summed E-state index contributed by atoms with van der Waals surface area (Å²) in [5.41, 5.74) is 2.54. The molecule has 3 heteroatoms. The Bertz CT molecular complexity index is 373. The molecular formula is C15H24N2S. The standard InChI is InChI=1S/C15H24N2S/c1-13-4-6-14(7-5-13)16-8-9-17-10-11-18-15(2,3)12-17/h4-7,16H,8-12H2,1-3H3. The third kappa shape index (κ3) is 4.21. The van der Waals surface area contributed by atoms with Crippen molar-refractivity contribution in [3.8, 4) is 0 Å². The number of rotatable bonds is 4. The lowest BCUT2D eigenvalue weighted by molar-refractivity contribution is 0.270. The molecule has 100 valence electrons. The second-order valence-corrected chi connectivity index (χ2v) is 7.48. The Balaban J connectivity index is 1.73. The van der Waals surface area contributed by atoms with Crippen molar-refractivity contribution in [1.82, 2.24) is 4.90 Å². The quantitative estimate of drug-likeness (QED) is 0.899. The summed E-state index contributed by atoms with van der Waals surface area (Å²) in [6.07, 6.45) is 0. The van der Waals surface area contributed by atoms with Gasteiger partial charge < -0.3 is 5.32 Å². The number of aryl methyl sites for hydroxylation is 1. The van der Waals surface area contributed by atoms with Crippen LogP contribution in [0.1, 0.15) is 19.4 Å². The smallest absolute Gasteiger partial charge is 0.0340 e. The van der Waals surface area contributed by atoms with Crippen LogP contribution < -0.4 is 5.32 Å². The van der Waals surface area contributed by atoms with Crippen LogP contribution in [0.15, 0.2) is 24.3 Å². The molecule has 1 saturated heterocycles. The van der Waals surface area contributed by atoms with Crippen molar-refractivity contribution in [3.05, 3.63) is 29.8 Å². The number of nitrogens with zero attached hydrogens (tertiary/aromatic N) is 1. The molecule has 0 aliphatic carbocycles. The molecule has 0 spiro atoms. The highest BCUT2D eigenvalue weighted by Crippen LogP contribution is 2.29. The Hall–Kier alpha value is -0.670. The van der Waals surface area contributed by atoms with Crippen molar-refractivity contribution in [2.24, 2.45) is 0 Å². The van der Waals surface area contributed by atoms with E-state index in [-0.39, 0.29) is 0 Å². The second-order valence-electron chi connectivity index (χ2n) is 5.68. The van der Waals surface area contributed by atoms with Crippen molar-refractivity contribution in [2.45, 2.75) is 25.5 Å². The predicted molar refractivity (Wildman–Crippen MR) is 82.6 cm³/mol. The molecule has 2 nitrogen and oxygen atoms in total. The van der Waals surface area contributed by atoms with Gasteiger partial charge in [-0.25, -0.2) is 0 Å². The predicted octanol–water partition coefficient (Wildman–Crippen LogP) is 3.23. The van der Waals surface area contributed by atoms with Gasteiger partial charge in [-0.15, -0.1) is 0 Å². The van der Waals surface area contributed by atoms with Gasteiger partial charge in [-0.2, -0.15) is 11.8 Å². The maximum absolute atomic E-state index is 3.50. The molecule has 0 atom stereocenters. The molecule has 0 amide bonds. The van der Waals surface area contributed by atoms with E-state index < -0.39 is 0 Å². The minimum absolute atomic E-state index is 0.419. The van der Waals surface area contributed by atoms with E-state index in [0.717, 1.165) is 13.1 Å². The monoisotopic (exact) mass is 264 g/mol. The van der Waals surface area contributed by atoms with Crippen LogP contribution in [0, 0.1) is 6.92 Å². The average molecular weight is 264 g/mol. The lowest BCUT2D eigenvalue weighted by atomic mass is 10.2. The largest absolute Gasteiger partial charge is 0.384 e. The SMILES string of the molecule is Cc1ccc(NCCN2CCSC(C)(C)C2)cc1. The fourth-order valence-electron chi connectivity index (χ4n) is 2.33. The van der Waals surface area contributed by atoms with Crippen LogP contribution in [-0.2, 0) is 0 Å². The van der Waals surface area contributed by atoms with E-state index in [9.17, 15) is 0 Å². The van der Waals surface area contributed by atoms with Gasteiger partial charge in [0.15, 0.2) is 0 Å². The molecule has 1 fully saturated rings. The minimum Gasteiger partial charge on any atom is -0.384 e. The lowest BCUT2D eigenvalue weighted by Crippen LogP contribution is -2.44. The number of hydrogen-bond donors (Lipinski definition) is 1. The van der Waals surface area contributed by atoms with E-state index in [1.54, 1.807) is 0 Å². The van der Waals surface area contributed by atoms with Gasteiger partial charge >= 0.3 is 0 Å². The van der Waals surface area contributed by atoms with E-state index >= 15 is 0 Å². The molecule has 1 aliphatic heterocycles. The number of anilines is 1. The van der Waals surface area contributed by atoms with E-state index in [0.29, 0.717) is 4.75 Å². The summed E-state index contributed by atoms with van der Waals surface area (Å²) in [4.78, 5) is 2.57. The first-order valence-corrected chi connectivity index (χ1v) is 7.71. The van der Waals surface area contributed by atoms with Crippen LogP contribution in [-0.4, -0.2) is 41.6 Å². The van der Waals surface area contributed by atoms with Gasteiger partial charge in [0.1, 0.15) is 0 Å². The van der Waals surface area contributed by atoms with Gasteiger partial charge in [0.25, 0.3) is 0 Å².